The number of amides is 4. The van der Waals surface area contributed by atoms with E-state index in [1.54, 1.807) is 36.4 Å². The molecule has 1 saturated heterocycles. The first-order chi connectivity index (χ1) is 17.4. The Balaban J connectivity index is 1.37. The Morgan fingerprint density at radius 3 is 2.39 bits per heavy atom. The van der Waals surface area contributed by atoms with E-state index in [0.29, 0.717) is 28.7 Å². The van der Waals surface area contributed by atoms with Gasteiger partial charge in [-0.1, -0.05) is 12.5 Å². The summed E-state index contributed by atoms with van der Waals surface area (Å²) in [4.78, 5) is 52.1. The van der Waals surface area contributed by atoms with Crippen molar-refractivity contribution in [1.82, 2.24) is 10.2 Å². The molecular formula is C27H26N2O7. The fourth-order valence-corrected chi connectivity index (χ4v) is 5.41. The van der Waals surface area contributed by atoms with Gasteiger partial charge in [-0.2, -0.15) is 0 Å². The normalized spacial score (nSPS) is 24.2. The smallest absolute Gasteiger partial charge is 0.343 e. The molecule has 0 unspecified atom stereocenters. The number of barbiturate groups is 1. The van der Waals surface area contributed by atoms with E-state index in [1.165, 1.54) is 31.3 Å². The van der Waals surface area contributed by atoms with Crippen LogP contribution in [0.2, 0.25) is 0 Å². The molecule has 2 aromatic rings. The van der Waals surface area contributed by atoms with Crippen LogP contribution in [0.1, 0.15) is 41.6 Å². The van der Waals surface area contributed by atoms with Crippen molar-refractivity contribution in [2.75, 3.05) is 14.2 Å². The third kappa shape index (κ3) is 4.32. The van der Waals surface area contributed by atoms with E-state index < -0.39 is 23.8 Å². The number of esters is 1. The molecule has 0 radical (unpaired) electrons. The second kappa shape index (κ2) is 9.49. The number of nitrogens with one attached hydrogen (secondary N) is 1. The molecule has 1 heterocycles. The summed E-state index contributed by atoms with van der Waals surface area (Å²) in [5.74, 6) is -0.0438. The standard InChI is InChI=1S/C27H26N2O7/c1-34-19-8-6-17(7-9-19)26(32)36-22-10-4-16(14-23(22)35-2)12-20-24(30)28-27(33)29(25(20)31)21-13-15-3-5-18(21)11-15/h4,6-10,12,14-15,18,21H,3,5,11,13H2,1-2H3,(H,28,30,33)/b20-12+/t15-,18-,21+/m0/s1. The molecule has 0 spiro atoms. The molecule has 9 nitrogen and oxygen atoms in total. The van der Waals surface area contributed by atoms with Gasteiger partial charge in [-0.25, -0.2) is 9.59 Å². The third-order valence-corrected chi connectivity index (χ3v) is 7.19. The fourth-order valence-electron chi connectivity index (χ4n) is 5.41. The Bertz CT molecular complexity index is 1270. The third-order valence-electron chi connectivity index (χ3n) is 7.19. The average molecular weight is 491 g/mol. The van der Waals surface area contributed by atoms with Crippen LogP contribution in [0.4, 0.5) is 4.79 Å². The molecule has 5 rings (SSSR count). The van der Waals surface area contributed by atoms with Gasteiger partial charge in [-0.3, -0.25) is 19.8 Å². The van der Waals surface area contributed by atoms with Crippen LogP contribution < -0.4 is 19.5 Å². The Kier molecular flexibility index (Phi) is 6.22. The van der Waals surface area contributed by atoms with Crippen LogP contribution >= 0.6 is 0 Å². The lowest BCUT2D eigenvalue weighted by Gasteiger charge is -2.35. The minimum absolute atomic E-state index is 0.123. The van der Waals surface area contributed by atoms with Crippen molar-refractivity contribution in [3.05, 3.63) is 59.2 Å². The van der Waals surface area contributed by atoms with E-state index in [2.05, 4.69) is 5.32 Å². The fraction of sp³-hybridized carbons (Fsp3) is 0.333. The number of benzene rings is 2. The second-order valence-corrected chi connectivity index (χ2v) is 9.26. The number of fused-ring (bicyclic) bond motifs is 2. The van der Waals surface area contributed by atoms with Crippen molar-refractivity contribution in [3.63, 3.8) is 0 Å². The zero-order valence-electron chi connectivity index (χ0n) is 20.0. The SMILES string of the molecule is COc1ccc(C(=O)Oc2ccc(/C=C3\C(=O)NC(=O)N([C@@H]4C[C@H]5CC[C@H]4C5)C3=O)cc2OC)cc1. The van der Waals surface area contributed by atoms with Gasteiger partial charge in [0.2, 0.25) is 0 Å². The molecule has 4 amide bonds. The van der Waals surface area contributed by atoms with Gasteiger partial charge >= 0.3 is 12.0 Å². The predicted octanol–water partition coefficient (Wildman–Crippen LogP) is 3.57. The number of hydrogen-bond donors (Lipinski definition) is 1. The van der Waals surface area contributed by atoms with Crippen molar-refractivity contribution in [3.8, 4) is 17.2 Å². The number of rotatable bonds is 6. The number of imide groups is 2. The monoisotopic (exact) mass is 490 g/mol. The first-order valence-corrected chi connectivity index (χ1v) is 11.8. The first kappa shape index (κ1) is 23.6. The van der Waals surface area contributed by atoms with Crippen LogP contribution in [-0.2, 0) is 9.59 Å². The minimum Gasteiger partial charge on any atom is -0.497 e. The van der Waals surface area contributed by atoms with Crippen LogP contribution in [0.5, 0.6) is 17.2 Å². The van der Waals surface area contributed by atoms with Crippen molar-refractivity contribution in [1.29, 1.82) is 0 Å². The Morgan fingerprint density at radius 1 is 0.972 bits per heavy atom. The molecule has 2 aromatic carbocycles. The molecule has 1 aliphatic heterocycles. The van der Waals surface area contributed by atoms with Crippen molar-refractivity contribution in [2.24, 2.45) is 11.8 Å². The number of nitrogens with zero attached hydrogens (tertiary/aromatic N) is 1. The van der Waals surface area contributed by atoms with Crippen LogP contribution in [0.3, 0.4) is 0 Å². The summed E-state index contributed by atoms with van der Waals surface area (Å²) in [5, 5.41) is 2.31. The Morgan fingerprint density at radius 2 is 1.75 bits per heavy atom. The van der Waals surface area contributed by atoms with Crippen LogP contribution in [0.15, 0.2) is 48.0 Å². The number of methoxy groups -OCH3 is 2. The molecule has 36 heavy (non-hydrogen) atoms. The maximum absolute atomic E-state index is 13.2. The van der Waals surface area contributed by atoms with E-state index in [1.807, 2.05) is 0 Å². The van der Waals surface area contributed by atoms with E-state index in [-0.39, 0.29) is 23.1 Å². The summed E-state index contributed by atoms with van der Waals surface area (Å²) in [6.45, 7) is 0. The van der Waals surface area contributed by atoms with E-state index >= 15 is 0 Å². The predicted molar refractivity (Wildman–Crippen MR) is 129 cm³/mol. The Labute approximate surface area is 208 Å². The highest BCUT2D eigenvalue weighted by molar-refractivity contribution is 6.31. The molecule has 3 fully saturated rings. The van der Waals surface area contributed by atoms with Crippen molar-refractivity contribution in [2.45, 2.75) is 31.7 Å². The summed E-state index contributed by atoms with van der Waals surface area (Å²) in [7, 11) is 2.96. The number of hydrogen-bond acceptors (Lipinski definition) is 7. The molecule has 1 N–H and O–H groups in total. The lowest BCUT2D eigenvalue weighted by molar-refractivity contribution is -0.132. The number of carbonyl (C=O) groups is 4. The number of urea groups is 1. The molecule has 2 aliphatic carbocycles. The molecule has 3 aliphatic rings. The van der Waals surface area contributed by atoms with Gasteiger partial charge in [0.25, 0.3) is 11.8 Å². The van der Waals surface area contributed by atoms with Gasteiger partial charge in [0.15, 0.2) is 11.5 Å². The molecule has 2 saturated carbocycles. The van der Waals surface area contributed by atoms with Crippen molar-refractivity contribution >= 4 is 29.9 Å². The van der Waals surface area contributed by atoms with Gasteiger partial charge in [0.05, 0.1) is 19.8 Å². The largest absolute Gasteiger partial charge is 0.497 e. The maximum atomic E-state index is 13.2. The quantitative estimate of drug-likeness (QED) is 0.285. The highest BCUT2D eigenvalue weighted by Crippen LogP contribution is 2.47. The summed E-state index contributed by atoms with van der Waals surface area (Å²) < 4.78 is 16.0. The van der Waals surface area contributed by atoms with Crippen LogP contribution in [0, 0.1) is 11.8 Å². The summed E-state index contributed by atoms with van der Waals surface area (Å²) in [6, 6.07) is 10.3. The minimum atomic E-state index is -0.738. The van der Waals surface area contributed by atoms with Gasteiger partial charge in [-0.05, 0) is 79.1 Å². The van der Waals surface area contributed by atoms with E-state index in [4.69, 9.17) is 14.2 Å². The maximum Gasteiger partial charge on any atom is 0.343 e. The number of ether oxygens (including phenoxy) is 3. The molecule has 3 atom stereocenters. The zero-order valence-corrected chi connectivity index (χ0v) is 20.0. The van der Waals surface area contributed by atoms with E-state index in [9.17, 15) is 19.2 Å². The summed E-state index contributed by atoms with van der Waals surface area (Å²) >= 11 is 0. The molecule has 9 heteroatoms. The number of carbonyl (C=O) groups excluding carboxylic acids is 4. The van der Waals surface area contributed by atoms with Crippen LogP contribution in [-0.4, -0.2) is 49.0 Å². The van der Waals surface area contributed by atoms with Gasteiger partial charge in [0, 0.05) is 6.04 Å². The van der Waals surface area contributed by atoms with Gasteiger partial charge < -0.3 is 14.2 Å². The molecule has 186 valence electrons. The lowest BCUT2D eigenvalue weighted by Crippen LogP contribution is -2.58. The zero-order chi connectivity index (χ0) is 25.4. The highest BCUT2D eigenvalue weighted by atomic mass is 16.6. The molecule has 2 bridgehead atoms. The first-order valence-electron chi connectivity index (χ1n) is 11.8. The van der Waals surface area contributed by atoms with Crippen molar-refractivity contribution < 1.29 is 33.4 Å². The topological polar surface area (TPSA) is 111 Å². The van der Waals surface area contributed by atoms with Crippen LogP contribution in [0.25, 0.3) is 6.08 Å². The lowest BCUT2D eigenvalue weighted by atomic mass is 9.93. The van der Waals surface area contributed by atoms with Gasteiger partial charge in [-0.15, -0.1) is 0 Å². The molecular weight excluding hydrogens is 464 g/mol. The Hall–Kier alpha value is -4.14. The average Bonchev–Trinajstić information content (AvgIpc) is 3.51. The van der Waals surface area contributed by atoms with E-state index in [0.717, 1.165) is 25.7 Å². The second-order valence-electron chi connectivity index (χ2n) is 9.26. The highest BCUT2D eigenvalue weighted by Gasteiger charge is 2.49. The van der Waals surface area contributed by atoms with Gasteiger partial charge in [0.1, 0.15) is 11.3 Å². The summed E-state index contributed by atoms with van der Waals surface area (Å²) in [5.41, 5.74) is 0.693. The summed E-state index contributed by atoms with van der Waals surface area (Å²) in [6.07, 6.45) is 5.34. The molecule has 0 aromatic heterocycles.